The van der Waals surface area contributed by atoms with Crippen molar-refractivity contribution in [1.82, 2.24) is 24.5 Å². The van der Waals surface area contributed by atoms with E-state index >= 15 is 0 Å². The summed E-state index contributed by atoms with van der Waals surface area (Å²) in [6.07, 6.45) is 4.92. The van der Waals surface area contributed by atoms with E-state index in [2.05, 4.69) is 41.0 Å². The van der Waals surface area contributed by atoms with Gasteiger partial charge in [-0.05, 0) is 47.3 Å². The fourth-order valence-corrected chi connectivity index (χ4v) is 5.68. The van der Waals surface area contributed by atoms with Crippen LogP contribution >= 0.6 is 27.3 Å². The number of nitrogens with one attached hydrogen (secondary N) is 2. The lowest BCUT2D eigenvalue weighted by Crippen LogP contribution is -2.31. The van der Waals surface area contributed by atoms with Gasteiger partial charge in [0.2, 0.25) is 5.78 Å². The average molecular weight is 571 g/mol. The van der Waals surface area contributed by atoms with E-state index in [1.807, 2.05) is 19.2 Å². The second-order valence-electron chi connectivity index (χ2n) is 7.84. The quantitative estimate of drug-likeness (QED) is 0.328. The SMILES string of the molecule is CNS(=O)(=O)O[C@@H]1C[C@H](Nc2ncncc2C(=O)c2cc(Cn3cc(Br)cn3)c(C)s2)C[C@@H]1O. The molecule has 11 nitrogen and oxygen atoms in total. The van der Waals surface area contributed by atoms with Crippen LogP contribution in [0.1, 0.15) is 38.5 Å². The van der Waals surface area contributed by atoms with Crippen LogP contribution in [0.5, 0.6) is 0 Å². The monoisotopic (exact) mass is 570 g/mol. The summed E-state index contributed by atoms with van der Waals surface area (Å²) in [5.74, 6) is 0.0890. The first-order valence-electron chi connectivity index (χ1n) is 10.3. The third-order valence-corrected chi connectivity index (χ3v) is 7.95. The number of aliphatic hydroxyl groups is 1. The number of aromatic nitrogens is 4. The van der Waals surface area contributed by atoms with Gasteiger partial charge in [-0.2, -0.15) is 18.2 Å². The van der Waals surface area contributed by atoms with Gasteiger partial charge in [0, 0.05) is 30.4 Å². The van der Waals surface area contributed by atoms with Crippen LogP contribution in [0.15, 0.2) is 35.5 Å². The van der Waals surface area contributed by atoms with Gasteiger partial charge in [0.05, 0.1) is 33.8 Å². The molecule has 3 atom stereocenters. The fourth-order valence-electron chi connectivity index (χ4n) is 3.73. The molecule has 3 aromatic heterocycles. The zero-order valence-electron chi connectivity index (χ0n) is 18.3. The summed E-state index contributed by atoms with van der Waals surface area (Å²) in [4.78, 5) is 23.1. The minimum Gasteiger partial charge on any atom is -0.390 e. The topological polar surface area (TPSA) is 148 Å². The highest BCUT2D eigenvalue weighted by Crippen LogP contribution is 2.30. The van der Waals surface area contributed by atoms with Crippen molar-refractivity contribution in [1.29, 1.82) is 0 Å². The van der Waals surface area contributed by atoms with E-state index in [1.165, 1.54) is 30.9 Å². The van der Waals surface area contributed by atoms with Crippen molar-refractivity contribution in [2.24, 2.45) is 0 Å². The number of rotatable bonds is 9. The van der Waals surface area contributed by atoms with E-state index in [0.29, 0.717) is 22.8 Å². The van der Waals surface area contributed by atoms with E-state index in [4.69, 9.17) is 4.18 Å². The van der Waals surface area contributed by atoms with Crippen LogP contribution < -0.4 is 10.0 Å². The number of halogens is 1. The summed E-state index contributed by atoms with van der Waals surface area (Å²) in [5.41, 5.74) is 1.28. The second kappa shape index (κ2) is 10.2. The summed E-state index contributed by atoms with van der Waals surface area (Å²) in [6.45, 7) is 2.49. The number of aliphatic hydroxyl groups excluding tert-OH is 1. The van der Waals surface area contributed by atoms with E-state index in [-0.39, 0.29) is 24.7 Å². The first kappa shape index (κ1) is 24.9. The number of ketones is 1. The molecule has 0 amide bonds. The van der Waals surface area contributed by atoms with Gasteiger partial charge >= 0.3 is 10.3 Å². The molecule has 1 aliphatic carbocycles. The molecule has 1 aliphatic rings. The van der Waals surface area contributed by atoms with Gasteiger partial charge in [-0.15, -0.1) is 11.3 Å². The molecule has 182 valence electrons. The molecule has 14 heteroatoms. The molecule has 0 saturated heterocycles. The Balaban J connectivity index is 1.49. The summed E-state index contributed by atoms with van der Waals surface area (Å²) in [7, 11) is -2.70. The van der Waals surface area contributed by atoms with E-state index in [9.17, 15) is 18.3 Å². The average Bonchev–Trinajstić information content (AvgIpc) is 3.47. The molecule has 0 aliphatic heterocycles. The number of hydrogen-bond acceptors (Lipinski definition) is 10. The Morgan fingerprint density at radius 1 is 1.38 bits per heavy atom. The summed E-state index contributed by atoms with van der Waals surface area (Å²) < 4.78 is 33.1. The van der Waals surface area contributed by atoms with Crippen molar-refractivity contribution in [2.45, 2.75) is 44.6 Å². The lowest BCUT2D eigenvalue weighted by Gasteiger charge is -2.15. The zero-order chi connectivity index (χ0) is 24.5. The van der Waals surface area contributed by atoms with Crippen molar-refractivity contribution in [2.75, 3.05) is 12.4 Å². The minimum absolute atomic E-state index is 0.224. The van der Waals surface area contributed by atoms with Crippen LogP contribution in [0.3, 0.4) is 0 Å². The third-order valence-electron chi connectivity index (χ3n) is 5.45. The number of carbonyl (C=O) groups is 1. The van der Waals surface area contributed by atoms with Crippen LogP contribution in [-0.2, 0) is 21.0 Å². The van der Waals surface area contributed by atoms with Crippen molar-refractivity contribution in [3.05, 3.63) is 56.3 Å². The van der Waals surface area contributed by atoms with Crippen molar-refractivity contribution in [3.8, 4) is 0 Å². The first-order valence-corrected chi connectivity index (χ1v) is 13.3. The Kier molecular flexibility index (Phi) is 7.45. The largest absolute Gasteiger partial charge is 0.390 e. The number of hydrogen-bond donors (Lipinski definition) is 3. The standard InChI is InChI=1S/C20H23BrN6O5S2/c1-11-12(8-27-9-13(21)6-25-27)3-18(33-11)19(29)15-7-23-10-24-20(15)26-14-4-16(28)17(5-14)32-34(30,31)22-2/h3,6-7,9-10,14,16-17,22,28H,4-5,8H2,1-2H3,(H,23,24,26)/t14-,16+,17-/m1/s1. The third kappa shape index (κ3) is 5.70. The van der Waals surface area contributed by atoms with Crippen LogP contribution in [0, 0.1) is 6.92 Å². The van der Waals surface area contributed by atoms with Crippen molar-refractivity contribution >= 4 is 49.2 Å². The Morgan fingerprint density at radius 3 is 2.88 bits per heavy atom. The predicted octanol–water partition coefficient (Wildman–Crippen LogP) is 1.87. The number of nitrogens with zero attached hydrogens (tertiary/aromatic N) is 4. The molecule has 0 bridgehead atoms. The zero-order valence-corrected chi connectivity index (χ0v) is 21.5. The number of carbonyl (C=O) groups excluding carboxylic acids is 1. The Bertz CT molecular complexity index is 1290. The van der Waals surface area contributed by atoms with Crippen LogP contribution in [0.4, 0.5) is 5.82 Å². The molecule has 1 saturated carbocycles. The van der Waals surface area contributed by atoms with E-state index in [1.54, 1.807) is 10.9 Å². The summed E-state index contributed by atoms with van der Waals surface area (Å²) in [5, 5.41) is 17.7. The summed E-state index contributed by atoms with van der Waals surface area (Å²) in [6, 6.07) is 1.51. The van der Waals surface area contributed by atoms with Gasteiger partial charge in [0.15, 0.2) is 0 Å². The Hall–Kier alpha value is -2.23. The molecule has 0 aromatic carbocycles. The fraction of sp³-hybridized carbons (Fsp3) is 0.400. The summed E-state index contributed by atoms with van der Waals surface area (Å²) >= 11 is 4.76. The van der Waals surface area contributed by atoms with E-state index in [0.717, 1.165) is 14.9 Å². The Labute approximate surface area is 209 Å². The molecule has 0 unspecified atom stereocenters. The molecule has 0 spiro atoms. The maximum Gasteiger partial charge on any atom is 0.335 e. The molecule has 0 radical (unpaired) electrons. The molecular formula is C20H23BrN6O5S2. The number of anilines is 1. The van der Waals surface area contributed by atoms with Crippen molar-refractivity contribution < 1.29 is 22.5 Å². The molecule has 4 rings (SSSR count). The molecule has 34 heavy (non-hydrogen) atoms. The number of thiophene rings is 1. The molecule has 3 heterocycles. The molecular weight excluding hydrogens is 548 g/mol. The molecule has 3 aromatic rings. The highest BCUT2D eigenvalue weighted by atomic mass is 79.9. The van der Waals surface area contributed by atoms with Gasteiger partial charge in [0.1, 0.15) is 18.2 Å². The highest BCUT2D eigenvalue weighted by molar-refractivity contribution is 9.10. The van der Waals surface area contributed by atoms with Gasteiger partial charge in [-0.1, -0.05) is 0 Å². The van der Waals surface area contributed by atoms with Crippen LogP contribution in [-0.4, -0.2) is 64.4 Å². The van der Waals surface area contributed by atoms with Gasteiger partial charge in [0.25, 0.3) is 0 Å². The molecule has 1 fully saturated rings. The normalized spacial score (nSPS) is 20.5. The van der Waals surface area contributed by atoms with Gasteiger partial charge in [-0.25, -0.2) is 9.97 Å². The maximum absolute atomic E-state index is 13.3. The second-order valence-corrected chi connectivity index (χ2v) is 11.5. The first-order chi connectivity index (χ1) is 16.1. The number of aryl methyl sites for hydroxylation is 1. The lowest BCUT2D eigenvalue weighted by molar-refractivity contribution is 0.0636. The van der Waals surface area contributed by atoms with Crippen LogP contribution in [0.25, 0.3) is 0 Å². The van der Waals surface area contributed by atoms with Crippen molar-refractivity contribution in [3.63, 3.8) is 0 Å². The van der Waals surface area contributed by atoms with E-state index < -0.39 is 22.5 Å². The van der Waals surface area contributed by atoms with Crippen LogP contribution in [0.2, 0.25) is 0 Å². The lowest BCUT2D eigenvalue weighted by atomic mass is 10.1. The molecule has 3 N–H and O–H groups in total. The van der Waals surface area contributed by atoms with Gasteiger partial charge < -0.3 is 10.4 Å². The highest BCUT2D eigenvalue weighted by Gasteiger charge is 2.37. The van der Waals surface area contributed by atoms with Gasteiger partial charge in [-0.3, -0.25) is 13.7 Å². The Morgan fingerprint density at radius 2 is 2.18 bits per heavy atom. The minimum atomic E-state index is -3.94. The smallest absolute Gasteiger partial charge is 0.335 e. The predicted molar refractivity (Wildman–Crippen MR) is 129 cm³/mol. The maximum atomic E-state index is 13.3.